The number of rotatable bonds is 2. The van der Waals surface area contributed by atoms with Crippen molar-refractivity contribution in [2.24, 2.45) is 5.10 Å². The molecule has 4 nitrogen and oxygen atoms in total. The summed E-state index contributed by atoms with van der Waals surface area (Å²) in [5.74, 6) is -0.123. The van der Waals surface area contributed by atoms with Gasteiger partial charge < -0.3 is 5.32 Å². The van der Waals surface area contributed by atoms with E-state index in [0.29, 0.717) is 6.04 Å². The maximum Gasteiger partial charge on any atom is 0.236 e. The first kappa shape index (κ1) is 9.19. The number of carbonyl (C=O) groups excluding carboxylic acids is 1. The molecule has 1 saturated heterocycles. The van der Waals surface area contributed by atoms with E-state index in [1.54, 1.807) is 6.21 Å². The van der Waals surface area contributed by atoms with Crippen LogP contribution in [0.15, 0.2) is 5.10 Å². The summed E-state index contributed by atoms with van der Waals surface area (Å²) in [6, 6.07) is 0.339. The molecule has 1 aliphatic heterocycles. The number of amides is 1. The Hall–Kier alpha value is -0.900. The molecule has 0 spiro atoms. The molecule has 1 rings (SSSR count). The quantitative estimate of drug-likeness (QED) is 0.460. The van der Waals surface area contributed by atoms with Crippen LogP contribution in [0.2, 0.25) is 0 Å². The highest BCUT2D eigenvalue weighted by molar-refractivity contribution is 5.74. The lowest BCUT2D eigenvalue weighted by Crippen LogP contribution is -2.35. The Morgan fingerprint density at radius 3 is 3.08 bits per heavy atom. The van der Waals surface area contributed by atoms with Crippen LogP contribution in [0.5, 0.6) is 0 Å². The molecule has 1 unspecified atom stereocenters. The van der Waals surface area contributed by atoms with Crippen molar-refractivity contribution in [1.29, 1.82) is 0 Å². The smallest absolute Gasteiger partial charge is 0.236 e. The van der Waals surface area contributed by atoms with Gasteiger partial charge in [0, 0.05) is 19.2 Å². The number of nitrogens with zero attached hydrogens (tertiary/aromatic N) is 1. The number of carbonyl (C=O) groups is 1. The summed E-state index contributed by atoms with van der Waals surface area (Å²) in [7, 11) is 0. The minimum Gasteiger partial charge on any atom is -0.309 e. The molecule has 1 aliphatic rings. The predicted octanol–water partition coefficient (Wildman–Crippen LogP) is 0.250. The maximum absolute atomic E-state index is 10.4. The summed E-state index contributed by atoms with van der Waals surface area (Å²) < 4.78 is 0. The zero-order valence-electron chi connectivity index (χ0n) is 7.34. The number of hydrazone groups is 1. The van der Waals surface area contributed by atoms with Gasteiger partial charge in [0.15, 0.2) is 0 Å². The molecule has 68 valence electrons. The van der Waals surface area contributed by atoms with E-state index in [1.807, 2.05) is 0 Å². The van der Waals surface area contributed by atoms with E-state index in [1.165, 1.54) is 19.8 Å². The second-order valence-corrected chi connectivity index (χ2v) is 3.00. The fourth-order valence-electron chi connectivity index (χ4n) is 1.22. The van der Waals surface area contributed by atoms with E-state index in [2.05, 4.69) is 15.8 Å². The molecule has 1 fully saturated rings. The summed E-state index contributed by atoms with van der Waals surface area (Å²) in [4.78, 5) is 10.4. The largest absolute Gasteiger partial charge is 0.309 e. The van der Waals surface area contributed by atoms with Crippen molar-refractivity contribution < 1.29 is 4.79 Å². The van der Waals surface area contributed by atoms with Crippen molar-refractivity contribution in [3.05, 3.63) is 0 Å². The highest BCUT2D eigenvalue weighted by Crippen LogP contribution is 2.04. The van der Waals surface area contributed by atoms with E-state index in [4.69, 9.17) is 0 Å². The van der Waals surface area contributed by atoms with Gasteiger partial charge in [-0.3, -0.25) is 4.79 Å². The van der Waals surface area contributed by atoms with Crippen LogP contribution in [0.25, 0.3) is 0 Å². The Morgan fingerprint density at radius 2 is 2.50 bits per heavy atom. The van der Waals surface area contributed by atoms with Crippen molar-refractivity contribution >= 4 is 12.1 Å². The molecule has 0 bridgehead atoms. The zero-order chi connectivity index (χ0) is 8.81. The molecule has 1 heterocycles. The summed E-state index contributed by atoms with van der Waals surface area (Å²) in [5, 5.41) is 7.10. The number of hydrogen-bond donors (Lipinski definition) is 2. The Bertz CT molecular complexity index is 173. The van der Waals surface area contributed by atoms with Crippen LogP contribution < -0.4 is 10.7 Å². The van der Waals surface area contributed by atoms with Gasteiger partial charge in [0.05, 0.1) is 0 Å². The second kappa shape index (κ2) is 4.87. The highest BCUT2D eigenvalue weighted by atomic mass is 16.2. The van der Waals surface area contributed by atoms with Crippen LogP contribution in [0, 0.1) is 0 Å². The molecular weight excluding hydrogens is 154 g/mol. The van der Waals surface area contributed by atoms with Crippen molar-refractivity contribution in [3.63, 3.8) is 0 Å². The lowest BCUT2D eigenvalue weighted by atomic mass is 10.1. The molecule has 0 radical (unpaired) electrons. The molecule has 0 aliphatic carbocycles. The third-order valence-corrected chi connectivity index (χ3v) is 1.82. The summed E-state index contributed by atoms with van der Waals surface area (Å²) in [6.07, 6.45) is 5.36. The van der Waals surface area contributed by atoms with Gasteiger partial charge in [0.25, 0.3) is 0 Å². The molecule has 4 heteroatoms. The maximum atomic E-state index is 10.4. The van der Waals surface area contributed by atoms with Gasteiger partial charge in [0.1, 0.15) is 0 Å². The topological polar surface area (TPSA) is 53.5 Å². The average molecular weight is 169 g/mol. The predicted molar refractivity (Wildman–Crippen MR) is 48.0 cm³/mol. The van der Waals surface area contributed by atoms with Gasteiger partial charge in [-0.25, -0.2) is 5.43 Å². The number of hydrogen-bond acceptors (Lipinski definition) is 3. The Labute approximate surface area is 72.4 Å². The van der Waals surface area contributed by atoms with Gasteiger partial charge >= 0.3 is 0 Å². The Balaban J connectivity index is 2.19. The van der Waals surface area contributed by atoms with Crippen molar-refractivity contribution in [2.45, 2.75) is 32.2 Å². The Morgan fingerprint density at radius 1 is 1.67 bits per heavy atom. The molecule has 0 aromatic rings. The van der Waals surface area contributed by atoms with Gasteiger partial charge in [-0.05, 0) is 19.4 Å². The Kier molecular flexibility index (Phi) is 3.73. The molecular formula is C8H15N3O. The standard InChI is InChI=1S/C8H15N3O/c1-7(12)11-10-6-8-4-2-3-5-9-8/h6,8-9H,2-5H2,1H3,(H,11,12)/b10-6-. The number of piperidine rings is 1. The average Bonchev–Trinajstić information content (AvgIpc) is 2.05. The highest BCUT2D eigenvalue weighted by Gasteiger charge is 2.08. The van der Waals surface area contributed by atoms with Crippen LogP contribution in [-0.2, 0) is 4.79 Å². The third-order valence-electron chi connectivity index (χ3n) is 1.82. The summed E-state index contributed by atoms with van der Waals surface area (Å²) in [5.41, 5.74) is 2.38. The molecule has 0 aromatic carbocycles. The first-order valence-corrected chi connectivity index (χ1v) is 4.32. The SMILES string of the molecule is CC(=O)N/N=C\C1CCCCN1. The third kappa shape index (κ3) is 3.48. The minimum absolute atomic E-state index is 0.123. The molecule has 1 atom stereocenters. The number of nitrogens with one attached hydrogen (secondary N) is 2. The van der Waals surface area contributed by atoms with E-state index >= 15 is 0 Å². The molecule has 12 heavy (non-hydrogen) atoms. The van der Waals surface area contributed by atoms with Gasteiger partial charge in [-0.2, -0.15) is 5.10 Å². The van der Waals surface area contributed by atoms with E-state index in [0.717, 1.165) is 13.0 Å². The molecule has 0 saturated carbocycles. The second-order valence-electron chi connectivity index (χ2n) is 3.00. The van der Waals surface area contributed by atoms with E-state index < -0.39 is 0 Å². The van der Waals surface area contributed by atoms with E-state index in [-0.39, 0.29) is 5.91 Å². The van der Waals surface area contributed by atoms with Crippen LogP contribution in [0.4, 0.5) is 0 Å². The molecule has 1 amide bonds. The van der Waals surface area contributed by atoms with Crippen LogP contribution in [-0.4, -0.2) is 24.7 Å². The lowest BCUT2D eigenvalue weighted by Gasteiger charge is -2.18. The van der Waals surface area contributed by atoms with Crippen LogP contribution in [0.1, 0.15) is 26.2 Å². The molecule has 0 aromatic heterocycles. The van der Waals surface area contributed by atoms with Crippen LogP contribution >= 0.6 is 0 Å². The van der Waals surface area contributed by atoms with Crippen molar-refractivity contribution in [2.75, 3.05) is 6.54 Å². The first-order valence-electron chi connectivity index (χ1n) is 4.32. The van der Waals surface area contributed by atoms with Crippen LogP contribution in [0.3, 0.4) is 0 Å². The monoisotopic (exact) mass is 169 g/mol. The fraction of sp³-hybridized carbons (Fsp3) is 0.750. The molecule has 2 N–H and O–H groups in total. The van der Waals surface area contributed by atoms with Crippen molar-refractivity contribution in [3.8, 4) is 0 Å². The van der Waals surface area contributed by atoms with Gasteiger partial charge in [-0.1, -0.05) is 6.42 Å². The normalized spacial score (nSPS) is 24.2. The van der Waals surface area contributed by atoms with Gasteiger partial charge in [-0.15, -0.1) is 0 Å². The lowest BCUT2D eigenvalue weighted by molar-refractivity contribution is -0.118. The van der Waals surface area contributed by atoms with E-state index in [9.17, 15) is 4.79 Å². The summed E-state index contributed by atoms with van der Waals surface area (Å²) in [6.45, 7) is 2.50. The van der Waals surface area contributed by atoms with Crippen molar-refractivity contribution in [1.82, 2.24) is 10.7 Å². The fourth-order valence-corrected chi connectivity index (χ4v) is 1.22. The van der Waals surface area contributed by atoms with Gasteiger partial charge in [0.2, 0.25) is 5.91 Å². The zero-order valence-corrected chi connectivity index (χ0v) is 7.34. The minimum atomic E-state index is -0.123. The summed E-state index contributed by atoms with van der Waals surface area (Å²) >= 11 is 0. The first-order chi connectivity index (χ1) is 5.79.